The van der Waals surface area contributed by atoms with Gasteiger partial charge in [-0.25, -0.2) is 0 Å². The normalized spacial score (nSPS) is 16.1. The largest absolute Gasteiger partial charge is 0.336 e. The fraction of sp³-hybridized carbons (Fsp3) is 0.533. The number of rotatable bonds is 4. The van der Waals surface area contributed by atoms with Crippen LogP contribution in [-0.4, -0.2) is 53.4 Å². The van der Waals surface area contributed by atoms with Crippen LogP contribution in [-0.2, 0) is 0 Å². The maximum Gasteiger partial charge on any atom is 0.270 e. The number of amides is 1. The van der Waals surface area contributed by atoms with E-state index < -0.39 is 4.92 Å². The molecule has 1 amide bonds. The third-order valence-corrected chi connectivity index (χ3v) is 4.61. The van der Waals surface area contributed by atoms with Gasteiger partial charge in [0.05, 0.1) is 10.5 Å². The standard InChI is InChI=1S/C15H20IN3O3/c1-11(2)10-17-5-7-18(8-6-17)15(20)13-9-12(19(21)22)3-4-14(13)16/h3-4,9,11H,5-8,10H2,1-2H3. The molecule has 0 aromatic heterocycles. The number of carbonyl (C=O) groups excluding carboxylic acids is 1. The fourth-order valence-electron chi connectivity index (χ4n) is 2.61. The van der Waals surface area contributed by atoms with Crippen LogP contribution in [0.5, 0.6) is 0 Å². The number of nitro benzene ring substituents is 1. The molecule has 6 nitrogen and oxygen atoms in total. The second-order valence-corrected chi connectivity index (χ2v) is 7.07. The number of carbonyl (C=O) groups is 1. The van der Waals surface area contributed by atoms with E-state index in [1.807, 2.05) is 0 Å². The first-order valence-electron chi connectivity index (χ1n) is 7.34. The number of piperazine rings is 1. The van der Waals surface area contributed by atoms with Crippen molar-refractivity contribution in [1.29, 1.82) is 0 Å². The Hall–Kier alpha value is -1.22. The molecule has 0 unspecified atom stereocenters. The van der Waals surface area contributed by atoms with Crippen molar-refractivity contribution in [2.24, 2.45) is 5.92 Å². The highest BCUT2D eigenvalue weighted by atomic mass is 127. The van der Waals surface area contributed by atoms with Crippen molar-refractivity contribution in [2.45, 2.75) is 13.8 Å². The molecule has 120 valence electrons. The maximum absolute atomic E-state index is 12.6. The number of halogens is 1. The van der Waals surface area contributed by atoms with E-state index in [0.29, 0.717) is 24.6 Å². The molecule has 0 saturated carbocycles. The predicted molar refractivity (Wildman–Crippen MR) is 93.0 cm³/mol. The van der Waals surface area contributed by atoms with Crippen LogP contribution in [0.15, 0.2) is 18.2 Å². The van der Waals surface area contributed by atoms with Crippen LogP contribution < -0.4 is 0 Å². The zero-order valence-corrected chi connectivity index (χ0v) is 14.9. The van der Waals surface area contributed by atoms with E-state index in [1.54, 1.807) is 11.0 Å². The number of hydrogen-bond acceptors (Lipinski definition) is 4. The summed E-state index contributed by atoms with van der Waals surface area (Å²) in [7, 11) is 0. The van der Waals surface area contributed by atoms with E-state index in [9.17, 15) is 14.9 Å². The molecule has 0 N–H and O–H groups in total. The van der Waals surface area contributed by atoms with E-state index in [0.717, 1.165) is 23.2 Å². The molecule has 7 heteroatoms. The summed E-state index contributed by atoms with van der Waals surface area (Å²) in [6.45, 7) is 8.46. The Bertz CT molecular complexity index is 569. The summed E-state index contributed by atoms with van der Waals surface area (Å²) in [6, 6.07) is 4.44. The minimum atomic E-state index is -0.465. The zero-order valence-electron chi connectivity index (χ0n) is 12.8. The molecule has 1 aromatic carbocycles. The van der Waals surface area contributed by atoms with Crippen LogP contribution in [0.1, 0.15) is 24.2 Å². The van der Waals surface area contributed by atoms with Crippen molar-refractivity contribution in [2.75, 3.05) is 32.7 Å². The topological polar surface area (TPSA) is 66.7 Å². The SMILES string of the molecule is CC(C)CN1CCN(C(=O)c2cc([N+](=O)[O-])ccc2I)CC1. The Morgan fingerprint density at radius 2 is 1.95 bits per heavy atom. The molecule has 1 fully saturated rings. The van der Waals surface area contributed by atoms with E-state index in [2.05, 4.69) is 41.3 Å². The van der Waals surface area contributed by atoms with Crippen molar-refractivity contribution in [3.05, 3.63) is 37.4 Å². The quantitative estimate of drug-likeness (QED) is 0.429. The Morgan fingerprint density at radius 3 is 2.50 bits per heavy atom. The number of benzene rings is 1. The van der Waals surface area contributed by atoms with Crippen molar-refractivity contribution >= 4 is 34.2 Å². The molecule has 1 aliphatic heterocycles. The molecule has 22 heavy (non-hydrogen) atoms. The average molecular weight is 417 g/mol. The summed E-state index contributed by atoms with van der Waals surface area (Å²) in [6.07, 6.45) is 0. The lowest BCUT2D eigenvalue weighted by atomic mass is 10.1. The zero-order chi connectivity index (χ0) is 16.3. The lowest BCUT2D eigenvalue weighted by Crippen LogP contribution is -2.49. The van der Waals surface area contributed by atoms with Crippen LogP contribution in [0.2, 0.25) is 0 Å². The highest BCUT2D eigenvalue weighted by molar-refractivity contribution is 14.1. The van der Waals surface area contributed by atoms with Gasteiger partial charge < -0.3 is 4.90 Å². The Morgan fingerprint density at radius 1 is 1.32 bits per heavy atom. The molecule has 1 heterocycles. The van der Waals surface area contributed by atoms with Crippen molar-refractivity contribution in [1.82, 2.24) is 9.80 Å². The van der Waals surface area contributed by atoms with Gasteiger partial charge in [0.25, 0.3) is 11.6 Å². The van der Waals surface area contributed by atoms with Crippen molar-refractivity contribution in [3.63, 3.8) is 0 Å². The first-order chi connectivity index (χ1) is 10.4. The first kappa shape index (κ1) is 17.1. The molecule has 0 bridgehead atoms. The third-order valence-electron chi connectivity index (χ3n) is 3.67. The molecular weight excluding hydrogens is 397 g/mol. The summed E-state index contributed by atoms with van der Waals surface area (Å²) in [5.41, 5.74) is 0.384. The fourth-order valence-corrected chi connectivity index (χ4v) is 3.18. The molecule has 0 atom stereocenters. The molecule has 1 aliphatic rings. The third kappa shape index (κ3) is 4.16. The van der Waals surface area contributed by atoms with Gasteiger partial charge in [-0.05, 0) is 34.6 Å². The van der Waals surface area contributed by atoms with Crippen LogP contribution in [0, 0.1) is 19.6 Å². The van der Waals surface area contributed by atoms with Gasteiger partial charge in [0.15, 0.2) is 0 Å². The summed E-state index contributed by atoms with van der Waals surface area (Å²) in [5, 5.41) is 10.9. The van der Waals surface area contributed by atoms with E-state index in [-0.39, 0.29) is 11.6 Å². The van der Waals surface area contributed by atoms with Crippen LogP contribution in [0.3, 0.4) is 0 Å². The number of non-ortho nitro benzene ring substituents is 1. The Balaban J connectivity index is 2.07. The second-order valence-electron chi connectivity index (χ2n) is 5.91. The summed E-state index contributed by atoms with van der Waals surface area (Å²) in [4.78, 5) is 27.2. The molecule has 0 radical (unpaired) electrons. The van der Waals surface area contributed by atoms with Crippen LogP contribution in [0.4, 0.5) is 5.69 Å². The minimum absolute atomic E-state index is 0.0396. The Kier molecular flexibility index (Phi) is 5.74. The molecule has 0 aliphatic carbocycles. The van der Waals surface area contributed by atoms with Gasteiger partial charge >= 0.3 is 0 Å². The molecule has 1 saturated heterocycles. The van der Waals surface area contributed by atoms with Gasteiger partial charge in [-0.15, -0.1) is 0 Å². The van der Waals surface area contributed by atoms with Gasteiger partial charge in [0.2, 0.25) is 0 Å². The predicted octanol–water partition coefficient (Wildman–Crippen LogP) is 2.61. The average Bonchev–Trinajstić information content (AvgIpc) is 2.47. The Labute approximate surface area is 143 Å². The smallest absolute Gasteiger partial charge is 0.270 e. The monoisotopic (exact) mass is 417 g/mol. The summed E-state index contributed by atoms with van der Waals surface area (Å²) < 4.78 is 0.748. The first-order valence-corrected chi connectivity index (χ1v) is 8.42. The molecule has 2 rings (SSSR count). The van der Waals surface area contributed by atoms with Crippen LogP contribution >= 0.6 is 22.6 Å². The number of nitro groups is 1. The second kappa shape index (κ2) is 7.36. The van der Waals surface area contributed by atoms with Gasteiger partial charge in [-0.1, -0.05) is 13.8 Å². The summed E-state index contributed by atoms with van der Waals surface area (Å²) >= 11 is 2.05. The number of hydrogen-bond donors (Lipinski definition) is 0. The van der Waals surface area contributed by atoms with E-state index in [1.165, 1.54) is 12.1 Å². The lowest BCUT2D eigenvalue weighted by molar-refractivity contribution is -0.384. The van der Waals surface area contributed by atoms with Gasteiger partial charge in [-0.2, -0.15) is 0 Å². The maximum atomic E-state index is 12.6. The van der Waals surface area contributed by atoms with Gasteiger partial charge in [0, 0.05) is 48.4 Å². The van der Waals surface area contributed by atoms with E-state index in [4.69, 9.17) is 0 Å². The lowest BCUT2D eigenvalue weighted by Gasteiger charge is -2.35. The van der Waals surface area contributed by atoms with Crippen molar-refractivity contribution in [3.8, 4) is 0 Å². The van der Waals surface area contributed by atoms with Gasteiger partial charge in [-0.3, -0.25) is 19.8 Å². The number of nitrogens with zero attached hydrogens (tertiary/aromatic N) is 3. The molecular formula is C15H20IN3O3. The highest BCUT2D eigenvalue weighted by Gasteiger charge is 2.25. The molecule has 0 spiro atoms. The highest BCUT2D eigenvalue weighted by Crippen LogP contribution is 2.21. The van der Waals surface area contributed by atoms with E-state index >= 15 is 0 Å². The summed E-state index contributed by atoms with van der Waals surface area (Å²) in [5.74, 6) is 0.497. The van der Waals surface area contributed by atoms with Gasteiger partial charge in [0.1, 0.15) is 0 Å². The molecule has 1 aromatic rings. The minimum Gasteiger partial charge on any atom is -0.336 e. The van der Waals surface area contributed by atoms with Crippen LogP contribution in [0.25, 0.3) is 0 Å². The van der Waals surface area contributed by atoms with Crippen molar-refractivity contribution < 1.29 is 9.72 Å².